The highest BCUT2D eigenvalue weighted by molar-refractivity contribution is 5.99. The van der Waals surface area contributed by atoms with Crippen LogP contribution in [0.15, 0.2) is 6.33 Å². The number of nitrogens with zero attached hydrogens (tertiary/aromatic N) is 4. The lowest BCUT2D eigenvalue weighted by Crippen LogP contribution is -2.52. The molecule has 0 saturated heterocycles. The predicted molar refractivity (Wildman–Crippen MR) is 61.1 cm³/mol. The summed E-state index contributed by atoms with van der Waals surface area (Å²) in [6, 6.07) is -0.901. The van der Waals surface area contributed by atoms with E-state index >= 15 is 0 Å². The quantitative estimate of drug-likeness (QED) is 0.726. The maximum atomic E-state index is 12.1. The molecular weight excluding hydrogens is 240 g/mol. The molecule has 0 aromatic carbocycles. The molecule has 2 atom stereocenters. The van der Waals surface area contributed by atoms with Crippen LogP contribution in [0.2, 0.25) is 0 Å². The minimum Gasteiger partial charge on any atom is -0.480 e. The Hall–Kier alpha value is -2.09. The maximum absolute atomic E-state index is 12.1. The van der Waals surface area contributed by atoms with Crippen LogP contribution >= 0.6 is 0 Å². The van der Waals surface area contributed by atoms with Gasteiger partial charge in [-0.15, -0.1) is 0 Å². The molecule has 1 aromatic heterocycles. The number of aliphatic carboxylic acids is 1. The van der Waals surface area contributed by atoms with Crippen LogP contribution in [0.4, 0.5) is 5.82 Å². The number of aliphatic hydroxyl groups is 1. The van der Waals surface area contributed by atoms with E-state index in [1.165, 1.54) is 29.8 Å². The lowest BCUT2D eigenvalue weighted by Gasteiger charge is -2.36. The van der Waals surface area contributed by atoms with Gasteiger partial charge in [-0.3, -0.25) is 9.69 Å². The van der Waals surface area contributed by atoms with Crippen molar-refractivity contribution >= 4 is 17.7 Å². The summed E-state index contributed by atoms with van der Waals surface area (Å²) in [6.07, 6.45) is 0.192. The largest absolute Gasteiger partial charge is 0.480 e. The van der Waals surface area contributed by atoms with Gasteiger partial charge in [0.05, 0.1) is 6.33 Å². The van der Waals surface area contributed by atoms with Crippen molar-refractivity contribution in [2.24, 2.45) is 0 Å². The minimum atomic E-state index is -1.10. The monoisotopic (exact) mass is 254 g/mol. The minimum absolute atomic E-state index is 0.167. The van der Waals surface area contributed by atoms with Crippen molar-refractivity contribution in [2.45, 2.75) is 19.3 Å². The van der Waals surface area contributed by atoms with E-state index in [0.717, 1.165) is 4.90 Å². The Balaban J connectivity index is 2.55. The zero-order chi connectivity index (χ0) is 13.6. The smallest absolute Gasteiger partial charge is 0.326 e. The number of anilines is 1. The Kier molecular flexibility index (Phi) is 2.74. The number of carboxylic acid groups (broad SMARTS) is 1. The summed E-state index contributed by atoms with van der Waals surface area (Å²) in [7, 11) is 3.02. The molecule has 0 aliphatic carbocycles. The second-order valence-corrected chi connectivity index (χ2v) is 4.21. The lowest BCUT2D eigenvalue weighted by atomic mass is 10.2. The molecule has 18 heavy (non-hydrogen) atoms. The molecule has 2 N–H and O–H groups in total. The molecule has 0 spiro atoms. The van der Waals surface area contributed by atoms with Crippen molar-refractivity contribution in [3.8, 4) is 0 Å². The highest BCUT2D eigenvalue weighted by atomic mass is 16.4. The Bertz CT molecular complexity index is 512. The van der Waals surface area contributed by atoms with E-state index < -0.39 is 24.3 Å². The third-order valence-electron chi connectivity index (χ3n) is 3.10. The molecule has 1 amide bonds. The third-order valence-corrected chi connectivity index (χ3v) is 3.10. The fourth-order valence-electron chi connectivity index (χ4n) is 1.87. The number of imidazole rings is 1. The molecule has 8 heteroatoms. The zero-order valence-corrected chi connectivity index (χ0v) is 10.2. The average molecular weight is 254 g/mol. The van der Waals surface area contributed by atoms with Crippen LogP contribution in [0.5, 0.6) is 0 Å². The van der Waals surface area contributed by atoms with E-state index in [1.54, 1.807) is 7.05 Å². The number of hydrogen-bond acceptors (Lipinski definition) is 5. The molecule has 98 valence electrons. The summed E-state index contributed by atoms with van der Waals surface area (Å²) in [4.78, 5) is 29.6. The summed E-state index contributed by atoms with van der Waals surface area (Å²) in [5, 5.41) is 18.8. The van der Waals surface area contributed by atoms with Crippen molar-refractivity contribution in [3.05, 3.63) is 12.0 Å². The van der Waals surface area contributed by atoms with Gasteiger partial charge in [0.25, 0.3) is 5.91 Å². The topological polar surface area (TPSA) is 98.9 Å². The zero-order valence-electron chi connectivity index (χ0n) is 10.2. The van der Waals surface area contributed by atoms with Crippen molar-refractivity contribution in [2.75, 3.05) is 19.0 Å². The highest BCUT2D eigenvalue weighted by Gasteiger charge is 2.37. The first kappa shape index (κ1) is 12.4. The number of aromatic nitrogens is 2. The molecule has 0 saturated carbocycles. The number of amides is 1. The normalized spacial score (nSPS) is 20.9. The molecule has 0 radical (unpaired) electrons. The predicted octanol–water partition coefficient (Wildman–Crippen LogP) is -0.674. The summed E-state index contributed by atoms with van der Waals surface area (Å²) >= 11 is 0. The Labute approximate surface area is 103 Å². The number of rotatable bonds is 2. The fraction of sp³-hybridized carbons (Fsp3) is 0.500. The van der Waals surface area contributed by atoms with Crippen LogP contribution in [0, 0.1) is 0 Å². The molecule has 8 nitrogen and oxygen atoms in total. The summed E-state index contributed by atoms with van der Waals surface area (Å²) < 4.78 is 1.29. The van der Waals surface area contributed by atoms with Gasteiger partial charge in [-0.05, 0) is 6.92 Å². The highest BCUT2D eigenvalue weighted by Crippen LogP contribution is 2.28. The van der Waals surface area contributed by atoms with Gasteiger partial charge >= 0.3 is 5.97 Å². The molecule has 2 heterocycles. The van der Waals surface area contributed by atoms with Gasteiger partial charge in [0.2, 0.25) is 6.35 Å². The molecule has 1 aromatic rings. The number of carbonyl (C=O) groups is 2. The summed E-state index contributed by atoms with van der Waals surface area (Å²) in [5.74, 6) is -1.24. The van der Waals surface area contributed by atoms with Crippen molar-refractivity contribution in [1.82, 2.24) is 14.5 Å². The Morgan fingerprint density at radius 2 is 2.06 bits per heavy atom. The van der Waals surface area contributed by atoms with E-state index in [9.17, 15) is 14.7 Å². The van der Waals surface area contributed by atoms with Gasteiger partial charge in [-0.25, -0.2) is 9.78 Å². The third kappa shape index (κ3) is 1.53. The molecule has 1 aliphatic heterocycles. The second-order valence-electron chi connectivity index (χ2n) is 4.21. The standard InChI is InChI=1S/C10H14N4O4/c1-5(9(16)17)14-4-11-7-6(14)8(15)13(3)10(18)12(7)2/h4-5,10,18H,1-3H3,(H,16,17)/t5-,10?/m1/s1. The van der Waals surface area contributed by atoms with Crippen molar-refractivity contribution < 1.29 is 19.8 Å². The first-order valence-corrected chi connectivity index (χ1v) is 5.34. The average Bonchev–Trinajstić information content (AvgIpc) is 2.77. The van der Waals surface area contributed by atoms with Crippen LogP contribution in [0.3, 0.4) is 0 Å². The van der Waals surface area contributed by atoms with E-state index in [1.807, 2.05) is 0 Å². The summed E-state index contributed by atoms with van der Waals surface area (Å²) in [5.41, 5.74) is 0.167. The van der Waals surface area contributed by atoms with E-state index in [4.69, 9.17) is 5.11 Å². The van der Waals surface area contributed by atoms with Gasteiger partial charge < -0.3 is 19.7 Å². The lowest BCUT2D eigenvalue weighted by molar-refractivity contribution is -0.140. The molecule has 0 fully saturated rings. The number of hydrogen-bond donors (Lipinski definition) is 2. The number of aliphatic hydroxyl groups excluding tert-OH is 1. The first-order valence-electron chi connectivity index (χ1n) is 5.34. The molecule has 1 aliphatic rings. The fourth-order valence-corrected chi connectivity index (χ4v) is 1.87. The van der Waals surface area contributed by atoms with Crippen LogP contribution in [0.1, 0.15) is 23.5 Å². The van der Waals surface area contributed by atoms with Crippen LogP contribution < -0.4 is 4.90 Å². The second kappa shape index (κ2) is 3.98. The van der Waals surface area contributed by atoms with Crippen molar-refractivity contribution in [1.29, 1.82) is 0 Å². The van der Waals surface area contributed by atoms with E-state index in [2.05, 4.69) is 4.98 Å². The van der Waals surface area contributed by atoms with Crippen LogP contribution in [0.25, 0.3) is 0 Å². The maximum Gasteiger partial charge on any atom is 0.326 e. The first-order chi connectivity index (χ1) is 8.36. The number of fused-ring (bicyclic) bond motifs is 1. The van der Waals surface area contributed by atoms with Crippen LogP contribution in [-0.2, 0) is 4.79 Å². The molecular formula is C10H14N4O4. The van der Waals surface area contributed by atoms with E-state index in [-0.39, 0.29) is 11.5 Å². The number of carboxylic acids is 1. The van der Waals surface area contributed by atoms with Gasteiger partial charge in [0.1, 0.15) is 6.04 Å². The summed E-state index contributed by atoms with van der Waals surface area (Å²) in [6.45, 7) is 1.46. The van der Waals surface area contributed by atoms with Crippen molar-refractivity contribution in [3.63, 3.8) is 0 Å². The SMILES string of the molecule is C[C@H](C(=O)O)n1cnc2c1C(=O)N(C)C(O)N2C. The Morgan fingerprint density at radius 1 is 1.44 bits per heavy atom. The molecule has 2 rings (SSSR count). The van der Waals surface area contributed by atoms with Gasteiger partial charge in [0, 0.05) is 14.1 Å². The number of carbonyl (C=O) groups excluding carboxylic acids is 1. The van der Waals surface area contributed by atoms with Gasteiger partial charge in [-0.1, -0.05) is 0 Å². The molecule has 1 unspecified atom stereocenters. The van der Waals surface area contributed by atoms with Gasteiger partial charge in [0.15, 0.2) is 11.5 Å². The Morgan fingerprint density at radius 3 is 2.61 bits per heavy atom. The molecule has 0 bridgehead atoms. The van der Waals surface area contributed by atoms with E-state index in [0.29, 0.717) is 0 Å². The van der Waals surface area contributed by atoms with Crippen LogP contribution in [-0.4, -0.2) is 57.0 Å². The van der Waals surface area contributed by atoms with Gasteiger partial charge in [-0.2, -0.15) is 0 Å².